The normalized spacial score (nSPS) is 33.8. The van der Waals surface area contributed by atoms with Gasteiger partial charge in [-0.15, -0.1) is 0 Å². The first-order valence-corrected chi connectivity index (χ1v) is 30.6. The van der Waals surface area contributed by atoms with Gasteiger partial charge in [-0.1, -0.05) is 14.9 Å². The number of ketones is 1. The van der Waals surface area contributed by atoms with E-state index in [0.717, 1.165) is 0 Å². The van der Waals surface area contributed by atoms with Crippen LogP contribution in [0.4, 0.5) is 0 Å². The van der Waals surface area contributed by atoms with Crippen LogP contribution in [0.1, 0.15) is 144 Å². The van der Waals surface area contributed by atoms with Gasteiger partial charge in [0.05, 0.1) is 95.8 Å². The molecule has 10 radical (unpaired) electrons. The van der Waals surface area contributed by atoms with Crippen LogP contribution in [0.15, 0.2) is 0 Å². The third-order valence-electron chi connectivity index (χ3n) is 11.5. The highest BCUT2D eigenvalue weighted by Gasteiger charge is 2.54. The molecule has 460 valence electrons. The Balaban J connectivity index is 0.00000116. The van der Waals surface area contributed by atoms with E-state index < -0.39 is 107 Å². The molecule has 0 aromatic heterocycles. The van der Waals surface area contributed by atoms with E-state index in [4.69, 9.17) is 110 Å². The minimum atomic E-state index is -4.98. The van der Waals surface area contributed by atoms with Gasteiger partial charge in [0.2, 0.25) is 0 Å². The number of phosphoric ester groups is 3. The molecule has 0 aromatic carbocycles. The molecule has 0 spiro atoms. The Morgan fingerprint density at radius 3 is 1.20 bits per heavy atom. The maximum Gasteiger partial charge on any atom is 0.268 e. The Hall–Kier alpha value is -0.115. The molecule has 5 aliphatic rings. The van der Waals surface area contributed by atoms with Crippen LogP contribution in [0, 0.1) is 0 Å². The third-order valence-corrected chi connectivity index (χ3v) is 14.0. The van der Waals surface area contributed by atoms with E-state index in [1.54, 1.807) is 34.6 Å². The van der Waals surface area contributed by atoms with E-state index in [-0.39, 0.29) is 110 Å². The van der Waals surface area contributed by atoms with Crippen LogP contribution in [-0.4, -0.2) is 210 Å². The van der Waals surface area contributed by atoms with Crippen LogP contribution in [0.25, 0.3) is 0 Å². The highest BCUT2D eigenvalue weighted by Crippen LogP contribution is 2.48. The average Bonchev–Trinajstić information content (AvgIpc) is 4.05. The molecule has 0 saturated carbocycles. The van der Waals surface area contributed by atoms with Gasteiger partial charge in [0.15, 0.2) is 11.4 Å². The van der Waals surface area contributed by atoms with Crippen molar-refractivity contribution in [1.29, 1.82) is 0 Å². The van der Waals surface area contributed by atoms with Crippen molar-refractivity contribution in [2.75, 3.05) is 33.0 Å². The summed E-state index contributed by atoms with van der Waals surface area (Å²) < 4.78 is 115. The molecule has 5 saturated heterocycles. The maximum atomic E-state index is 12.5. The van der Waals surface area contributed by atoms with Gasteiger partial charge in [-0.25, -0.2) is 0 Å². The van der Waals surface area contributed by atoms with Gasteiger partial charge in [0, 0.05) is 36.1 Å². The van der Waals surface area contributed by atoms with Gasteiger partial charge in [0.25, 0.3) is 15.6 Å². The third kappa shape index (κ3) is 30.0. The van der Waals surface area contributed by atoms with E-state index in [0.29, 0.717) is 19.3 Å². The standard InChI is InChI=1S/C18H31B2O9P.C17H31B2O8P.C8H16BO6P.C3H8O.2CH4/c1-10(2)24-9-18(12(5)21)15(7-17(20)28-18)29-30(22,23)25-8-14-13(26-11(3)4)6-16(19)27-14;1-10(2)22-9-17(5)14(7-16(19)26-17)27-28(20,21)23-8-13-12(24-11(3)4)6-15(18)25-13;1-5(2)14-6-3-8(9)15-7(6)4-13-16(10,11)12;1-3(2)4;;/h10-11,13-17H,6-9H2,1-5H3,(H,22,23);10-16H,6-9H2,1-5H3,(H,20,21);5-8H,3-4H2,1-2H3,(H2,10,11,12);3-4H,1-2H3;2*1H4/p-4/t13-,14-,15-,16-,17-,18+;12-,13-,14-,15-,16-,17-;6-,7-,8-;;;/m111.../s1. The Labute approximate surface area is 483 Å². The number of rotatable bonds is 26. The average molecular weight is 1200 g/mol. The van der Waals surface area contributed by atoms with Crippen LogP contribution in [0.3, 0.4) is 0 Å². The van der Waals surface area contributed by atoms with Gasteiger partial charge < -0.3 is 99.2 Å². The second-order valence-electron chi connectivity index (χ2n) is 21.3. The lowest BCUT2D eigenvalue weighted by atomic mass is 9.90. The summed E-state index contributed by atoms with van der Waals surface area (Å²) in [5.74, 6) is -0.448. The lowest BCUT2D eigenvalue weighted by Crippen LogP contribution is -2.52. The van der Waals surface area contributed by atoms with Crippen molar-refractivity contribution in [1.82, 2.24) is 0 Å². The summed E-state index contributed by atoms with van der Waals surface area (Å²) in [4.78, 5) is 57.9. The van der Waals surface area contributed by atoms with Crippen molar-refractivity contribution in [3.8, 4) is 0 Å². The Bertz CT molecular complexity index is 1890. The van der Waals surface area contributed by atoms with Crippen molar-refractivity contribution in [2.24, 2.45) is 0 Å². The van der Waals surface area contributed by atoms with Gasteiger partial charge in [0.1, 0.15) is 69.2 Å². The first kappa shape index (κ1) is 79.9. The Morgan fingerprint density at radius 1 is 0.537 bits per heavy atom. The van der Waals surface area contributed by atoms with Crippen LogP contribution in [0.2, 0.25) is 0 Å². The lowest BCUT2D eigenvalue weighted by Gasteiger charge is -2.36. The van der Waals surface area contributed by atoms with Crippen molar-refractivity contribution >= 4 is 68.5 Å². The molecule has 2 unspecified atom stereocenters. The second-order valence-corrected chi connectivity index (χ2v) is 25.2. The predicted octanol–water partition coefficient (Wildman–Crippen LogP) is 2.20. The number of aliphatic hydroxyl groups is 1. The molecule has 5 rings (SSSR count). The monoisotopic (exact) mass is 1200 g/mol. The van der Waals surface area contributed by atoms with Crippen molar-refractivity contribution < 1.29 is 113 Å². The van der Waals surface area contributed by atoms with Crippen LogP contribution < -0.4 is 19.6 Å². The van der Waals surface area contributed by atoms with Gasteiger partial charge >= 0.3 is 0 Å². The summed E-state index contributed by atoms with van der Waals surface area (Å²) in [5, 5.41) is 8.06. The highest BCUT2D eigenvalue weighted by atomic mass is 31.2. The summed E-state index contributed by atoms with van der Waals surface area (Å²) in [6.45, 7) is 23.9. The molecule has 5 fully saturated rings. The smallest absolute Gasteiger partial charge is 0.268 e. The fraction of sp³-hybridized carbons (Fsp3) is 0.979. The highest BCUT2D eigenvalue weighted by molar-refractivity contribution is 7.46. The number of carbonyl (C=O) groups excluding carboxylic acids is 1. The molecule has 0 bridgehead atoms. The predicted molar refractivity (Wildman–Crippen MR) is 293 cm³/mol. The number of ether oxygens (including phenoxy) is 10. The van der Waals surface area contributed by atoms with Crippen LogP contribution >= 0.6 is 23.5 Å². The summed E-state index contributed by atoms with van der Waals surface area (Å²) in [7, 11) is 14.3. The minimum Gasteiger partial charge on any atom is -0.790 e. The molecule has 0 amide bonds. The van der Waals surface area contributed by atoms with E-state index in [9.17, 15) is 38.1 Å². The molecule has 1 N–H and O–H groups in total. The molecule has 17 atom stereocenters. The molecule has 5 aliphatic heterocycles. The zero-order valence-electron chi connectivity index (χ0n) is 47.6. The number of aliphatic hydroxyl groups excluding tert-OH is 1. The quantitative estimate of drug-likeness (QED) is 0.0958. The van der Waals surface area contributed by atoms with Crippen molar-refractivity contribution in [2.45, 2.75) is 271 Å². The maximum absolute atomic E-state index is 12.5. The summed E-state index contributed by atoms with van der Waals surface area (Å²) >= 11 is 0. The Morgan fingerprint density at radius 2 is 0.863 bits per heavy atom. The fourth-order valence-corrected chi connectivity index (χ4v) is 10.6. The summed E-state index contributed by atoms with van der Waals surface area (Å²) in [5.41, 5.74) is -2.63. The van der Waals surface area contributed by atoms with Gasteiger partial charge in [-0.05, 0) is 129 Å². The SMILES string of the molecule is C.C.CC(C)O.[B][C@H]1C[C@@H](OC(C)C)[C@@H](COP(=O)([O-])O[C@@H]2C[C@H]([B])O[C@@]2(COC(C)C)C(C)=O)O1.[B][C@H]1C[C@@H](OC(C)C)[C@@H](COP(=O)([O-])O[C@@H]2C[C@H]([B])O[C@]2(C)COC(C)C)O1.[B][C@H]1C[C@@H](OC(C)C)[C@@H](COP(=O)([O-])[O-])O1. The number of phosphoric acid groups is 3. The van der Waals surface area contributed by atoms with E-state index >= 15 is 0 Å². The van der Waals surface area contributed by atoms with Crippen LogP contribution in [0.5, 0.6) is 0 Å². The molecule has 32 heteroatoms. The van der Waals surface area contributed by atoms with Crippen molar-refractivity contribution in [3.63, 3.8) is 0 Å². The molecule has 24 nitrogen and oxygen atoms in total. The van der Waals surface area contributed by atoms with E-state index in [1.165, 1.54) is 6.92 Å². The van der Waals surface area contributed by atoms with Crippen LogP contribution in [-0.2, 0) is 88.5 Å². The number of Topliss-reactive ketones (excluding diaryl/α,β-unsaturated/α-hetero) is 1. The zero-order valence-corrected chi connectivity index (χ0v) is 50.3. The number of hydrogen-bond donors (Lipinski definition) is 1. The minimum absolute atomic E-state index is 0. The van der Waals surface area contributed by atoms with E-state index in [1.807, 2.05) is 55.4 Å². The first-order valence-electron chi connectivity index (χ1n) is 26.2. The first-order chi connectivity index (χ1) is 35.8. The molecule has 0 aromatic rings. The fourth-order valence-electron chi connectivity index (χ4n) is 8.33. The second kappa shape index (κ2) is 36.3. The van der Waals surface area contributed by atoms with Gasteiger partial charge in [-0.2, -0.15) is 0 Å². The van der Waals surface area contributed by atoms with E-state index in [2.05, 4.69) is 4.52 Å². The Kier molecular flexibility index (Phi) is 36.2. The van der Waals surface area contributed by atoms with Crippen molar-refractivity contribution in [3.05, 3.63) is 0 Å². The molecular formula is C48H90B5O24P3-4. The largest absolute Gasteiger partial charge is 0.790 e. The lowest BCUT2D eigenvalue weighted by molar-refractivity contribution is -0.343. The van der Waals surface area contributed by atoms with Gasteiger partial charge in [-0.3, -0.25) is 13.9 Å². The molecular weight excluding hydrogens is 1110 g/mol. The topological polar surface area (TPSA) is 319 Å². The molecule has 5 heterocycles. The molecule has 0 aliphatic carbocycles. The number of carbonyl (C=O) groups is 1. The zero-order chi connectivity index (χ0) is 59.7. The summed E-state index contributed by atoms with van der Waals surface area (Å²) in [6, 6.07) is -3.15. The molecule has 80 heavy (non-hydrogen) atoms. The summed E-state index contributed by atoms with van der Waals surface area (Å²) in [6.07, 6.45) is -4.04. The number of hydrogen-bond acceptors (Lipinski definition) is 24.